The average molecular weight is 399 g/mol. The molecule has 8 heteroatoms. The summed E-state index contributed by atoms with van der Waals surface area (Å²) in [5.41, 5.74) is 1.73. The molecule has 2 aromatic rings. The van der Waals surface area contributed by atoms with Gasteiger partial charge in [-0.2, -0.15) is 0 Å². The van der Waals surface area contributed by atoms with Crippen molar-refractivity contribution >= 4 is 40.5 Å². The van der Waals surface area contributed by atoms with Gasteiger partial charge < -0.3 is 20.1 Å². The molecule has 2 amide bonds. The van der Waals surface area contributed by atoms with Crippen molar-refractivity contribution in [2.75, 3.05) is 17.4 Å². The van der Waals surface area contributed by atoms with Crippen LogP contribution >= 0.6 is 12.2 Å². The minimum atomic E-state index is -0.361. The Hall–Kier alpha value is -3.13. The van der Waals surface area contributed by atoms with Crippen molar-refractivity contribution in [2.24, 2.45) is 0 Å². The molecule has 0 bridgehead atoms. The first kappa shape index (κ1) is 19.6. The fourth-order valence-corrected chi connectivity index (χ4v) is 2.82. The first-order chi connectivity index (χ1) is 13.5. The SMILES string of the molecule is CCCCC(=O)Nc1cccc(NC(=S)NC(=O)c2ccc3c(c2)OCO3)c1. The van der Waals surface area contributed by atoms with Gasteiger partial charge in [0.05, 0.1) is 0 Å². The number of carbonyl (C=O) groups excluding carboxylic acids is 2. The van der Waals surface area contributed by atoms with Crippen molar-refractivity contribution in [3.63, 3.8) is 0 Å². The maximum atomic E-state index is 12.4. The normalized spacial score (nSPS) is 11.6. The van der Waals surface area contributed by atoms with Crippen molar-refractivity contribution < 1.29 is 19.1 Å². The monoisotopic (exact) mass is 399 g/mol. The number of unbranched alkanes of at least 4 members (excludes halogenated alkanes) is 1. The van der Waals surface area contributed by atoms with Gasteiger partial charge in [-0.25, -0.2) is 0 Å². The molecular formula is C20H21N3O4S. The Bertz CT molecular complexity index is 901. The summed E-state index contributed by atoms with van der Waals surface area (Å²) in [5, 5.41) is 8.56. The Morgan fingerprint density at radius 2 is 1.79 bits per heavy atom. The molecule has 0 aliphatic carbocycles. The molecule has 0 saturated heterocycles. The lowest BCUT2D eigenvalue weighted by atomic mass is 10.2. The molecule has 7 nitrogen and oxygen atoms in total. The molecule has 3 rings (SSSR count). The lowest BCUT2D eigenvalue weighted by molar-refractivity contribution is -0.116. The summed E-state index contributed by atoms with van der Waals surface area (Å²) in [7, 11) is 0. The summed E-state index contributed by atoms with van der Waals surface area (Å²) in [4.78, 5) is 24.2. The standard InChI is InChI=1S/C20H21N3O4S/c1-2-3-7-18(24)21-14-5-4-6-15(11-14)22-20(28)23-19(25)13-8-9-16-17(10-13)27-12-26-16/h4-6,8-11H,2-3,7,12H2,1H3,(H,21,24)(H2,22,23,25,28). The van der Waals surface area contributed by atoms with E-state index in [9.17, 15) is 9.59 Å². The minimum Gasteiger partial charge on any atom is -0.454 e. The molecule has 0 unspecified atom stereocenters. The molecule has 1 aliphatic rings. The number of benzene rings is 2. The number of carbonyl (C=O) groups is 2. The number of nitrogens with one attached hydrogen (secondary N) is 3. The van der Waals surface area contributed by atoms with Crippen molar-refractivity contribution in [1.29, 1.82) is 0 Å². The zero-order valence-corrected chi connectivity index (χ0v) is 16.2. The second kappa shape index (κ2) is 9.18. The molecule has 0 atom stereocenters. The van der Waals surface area contributed by atoms with Crippen molar-refractivity contribution in [1.82, 2.24) is 5.32 Å². The molecule has 0 fully saturated rings. The molecule has 1 heterocycles. The first-order valence-electron chi connectivity index (χ1n) is 8.97. The highest BCUT2D eigenvalue weighted by atomic mass is 32.1. The van der Waals surface area contributed by atoms with E-state index in [1.807, 2.05) is 6.92 Å². The molecule has 146 valence electrons. The van der Waals surface area contributed by atoms with Gasteiger partial charge in [-0.05, 0) is 55.0 Å². The van der Waals surface area contributed by atoms with Gasteiger partial charge in [0, 0.05) is 23.4 Å². The van der Waals surface area contributed by atoms with Crippen LogP contribution in [-0.2, 0) is 4.79 Å². The maximum Gasteiger partial charge on any atom is 0.257 e. The number of hydrogen-bond acceptors (Lipinski definition) is 5. The van der Waals surface area contributed by atoms with Crippen LogP contribution < -0.4 is 25.4 Å². The van der Waals surface area contributed by atoms with Crippen LogP contribution in [0.5, 0.6) is 11.5 Å². The molecule has 0 spiro atoms. The Morgan fingerprint density at radius 3 is 2.57 bits per heavy atom. The third kappa shape index (κ3) is 5.20. The average Bonchev–Trinajstić information content (AvgIpc) is 3.14. The van der Waals surface area contributed by atoms with Crippen molar-refractivity contribution in [3.05, 3.63) is 48.0 Å². The van der Waals surface area contributed by atoms with E-state index < -0.39 is 0 Å². The minimum absolute atomic E-state index is 0.0299. The van der Waals surface area contributed by atoms with Crippen LogP contribution in [0.2, 0.25) is 0 Å². The van der Waals surface area contributed by atoms with E-state index in [0.717, 1.165) is 12.8 Å². The van der Waals surface area contributed by atoms with E-state index >= 15 is 0 Å². The van der Waals surface area contributed by atoms with Gasteiger partial charge in [0.2, 0.25) is 12.7 Å². The van der Waals surface area contributed by atoms with Gasteiger partial charge in [-0.15, -0.1) is 0 Å². The third-order valence-corrected chi connectivity index (χ3v) is 4.23. The van der Waals surface area contributed by atoms with Crippen LogP contribution in [0.25, 0.3) is 0 Å². The number of fused-ring (bicyclic) bond motifs is 1. The van der Waals surface area contributed by atoms with Crippen LogP contribution in [0.15, 0.2) is 42.5 Å². The Balaban J connectivity index is 1.56. The zero-order chi connectivity index (χ0) is 19.9. The van der Waals surface area contributed by atoms with E-state index in [-0.39, 0.29) is 23.7 Å². The van der Waals surface area contributed by atoms with Gasteiger partial charge in [0.1, 0.15) is 0 Å². The van der Waals surface area contributed by atoms with E-state index in [1.54, 1.807) is 42.5 Å². The predicted molar refractivity (Wildman–Crippen MR) is 111 cm³/mol. The summed E-state index contributed by atoms with van der Waals surface area (Å²) < 4.78 is 10.5. The number of ether oxygens (including phenoxy) is 2. The van der Waals surface area contributed by atoms with Crippen LogP contribution in [0, 0.1) is 0 Å². The van der Waals surface area contributed by atoms with Crippen LogP contribution in [0.3, 0.4) is 0 Å². The Morgan fingerprint density at radius 1 is 1.04 bits per heavy atom. The first-order valence-corrected chi connectivity index (χ1v) is 9.38. The highest BCUT2D eigenvalue weighted by Crippen LogP contribution is 2.32. The van der Waals surface area contributed by atoms with Crippen LogP contribution in [-0.4, -0.2) is 23.7 Å². The number of hydrogen-bond donors (Lipinski definition) is 3. The number of thiocarbonyl (C=S) groups is 1. The molecule has 28 heavy (non-hydrogen) atoms. The molecular weight excluding hydrogens is 378 g/mol. The Labute approximate surface area is 168 Å². The van der Waals surface area contributed by atoms with Crippen LogP contribution in [0.1, 0.15) is 36.5 Å². The molecule has 3 N–H and O–H groups in total. The second-order valence-electron chi connectivity index (χ2n) is 6.21. The molecule has 2 aromatic carbocycles. The molecule has 0 aromatic heterocycles. The lowest BCUT2D eigenvalue weighted by Gasteiger charge is -2.11. The zero-order valence-electron chi connectivity index (χ0n) is 15.4. The maximum absolute atomic E-state index is 12.4. The number of anilines is 2. The highest BCUT2D eigenvalue weighted by Gasteiger charge is 2.16. The summed E-state index contributed by atoms with van der Waals surface area (Å²) in [6, 6.07) is 12.1. The van der Waals surface area contributed by atoms with Gasteiger partial charge >= 0.3 is 0 Å². The van der Waals surface area contributed by atoms with E-state index in [1.165, 1.54) is 0 Å². The predicted octanol–water partition coefficient (Wildman–Crippen LogP) is 3.67. The van der Waals surface area contributed by atoms with Gasteiger partial charge in [-0.1, -0.05) is 19.4 Å². The summed E-state index contributed by atoms with van der Waals surface area (Å²) in [6.07, 6.45) is 2.30. The van der Waals surface area contributed by atoms with E-state index in [4.69, 9.17) is 21.7 Å². The number of rotatable bonds is 6. The van der Waals surface area contributed by atoms with E-state index in [2.05, 4.69) is 16.0 Å². The fraction of sp³-hybridized carbons (Fsp3) is 0.250. The van der Waals surface area contributed by atoms with Crippen LogP contribution in [0.4, 0.5) is 11.4 Å². The topological polar surface area (TPSA) is 88.7 Å². The van der Waals surface area contributed by atoms with Crippen molar-refractivity contribution in [2.45, 2.75) is 26.2 Å². The molecule has 0 radical (unpaired) electrons. The highest BCUT2D eigenvalue weighted by molar-refractivity contribution is 7.80. The largest absolute Gasteiger partial charge is 0.454 e. The lowest BCUT2D eigenvalue weighted by Crippen LogP contribution is -2.34. The molecule has 1 aliphatic heterocycles. The van der Waals surface area contributed by atoms with Gasteiger partial charge in [-0.3, -0.25) is 14.9 Å². The van der Waals surface area contributed by atoms with Crippen molar-refractivity contribution in [3.8, 4) is 11.5 Å². The van der Waals surface area contributed by atoms with E-state index in [0.29, 0.717) is 34.9 Å². The summed E-state index contributed by atoms with van der Waals surface area (Å²) in [6.45, 7) is 2.18. The number of amides is 2. The molecule has 0 saturated carbocycles. The quantitative estimate of drug-likeness (QED) is 0.643. The summed E-state index contributed by atoms with van der Waals surface area (Å²) in [5.74, 6) is 0.741. The fourth-order valence-electron chi connectivity index (χ4n) is 2.61. The van der Waals surface area contributed by atoms with Gasteiger partial charge in [0.15, 0.2) is 16.6 Å². The third-order valence-electron chi connectivity index (χ3n) is 4.02. The smallest absolute Gasteiger partial charge is 0.257 e. The van der Waals surface area contributed by atoms with Gasteiger partial charge in [0.25, 0.3) is 5.91 Å². The Kier molecular flexibility index (Phi) is 6.44. The summed E-state index contributed by atoms with van der Waals surface area (Å²) >= 11 is 5.21. The second-order valence-corrected chi connectivity index (χ2v) is 6.62.